The zero-order valence-corrected chi connectivity index (χ0v) is 18.7. The molecular formula is C28H27NO3. The highest BCUT2D eigenvalue weighted by Gasteiger charge is 2.23. The number of hydrogen-bond acceptors (Lipinski definition) is 4. The molecule has 4 aromatic rings. The predicted molar refractivity (Wildman–Crippen MR) is 129 cm³/mol. The summed E-state index contributed by atoms with van der Waals surface area (Å²) in [6.07, 6.45) is 1.13. The van der Waals surface area contributed by atoms with E-state index < -0.39 is 0 Å². The van der Waals surface area contributed by atoms with E-state index in [1.807, 2.05) is 37.3 Å². The Kier molecular flexibility index (Phi) is 5.22. The lowest BCUT2D eigenvalue weighted by Gasteiger charge is -2.32. The molecule has 1 aliphatic heterocycles. The van der Waals surface area contributed by atoms with Crippen LogP contribution in [0.2, 0.25) is 0 Å². The highest BCUT2D eigenvalue weighted by atomic mass is 16.5. The quantitative estimate of drug-likeness (QED) is 0.344. The lowest BCUT2D eigenvalue weighted by Crippen LogP contribution is -2.32. The van der Waals surface area contributed by atoms with Gasteiger partial charge in [-0.3, -0.25) is 0 Å². The third kappa shape index (κ3) is 3.56. The van der Waals surface area contributed by atoms with Crippen molar-refractivity contribution in [3.8, 4) is 16.9 Å². The average molecular weight is 426 g/mol. The van der Waals surface area contributed by atoms with Crippen molar-refractivity contribution >= 4 is 16.7 Å². The number of anilines is 1. The van der Waals surface area contributed by atoms with Crippen molar-refractivity contribution in [2.24, 2.45) is 0 Å². The molecule has 1 atom stereocenters. The van der Waals surface area contributed by atoms with Gasteiger partial charge in [0.25, 0.3) is 0 Å². The summed E-state index contributed by atoms with van der Waals surface area (Å²) in [6.45, 7) is 7.64. The smallest absolute Gasteiger partial charge is 0.336 e. The predicted octanol–water partition coefficient (Wildman–Crippen LogP) is 6.64. The molecule has 0 amide bonds. The first-order valence-corrected chi connectivity index (χ1v) is 11.2. The summed E-state index contributed by atoms with van der Waals surface area (Å²) < 4.78 is 11.8. The van der Waals surface area contributed by atoms with E-state index in [2.05, 4.69) is 49.1 Å². The minimum atomic E-state index is -0.349. The number of ether oxygens (including phenoxy) is 1. The maximum Gasteiger partial charge on any atom is 0.336 e. The van der Waals surface area contributed by atoms with Crippen molar-refractivity contribution in [3.05, 3.63) is 93.8 Å². The Bertz CT molecular complexity index is 1320. The second kappa shape index (κ2) is 8.19. The van der Waals surface area contributed by atoms with Crippen molar-refractivity contribution in [1.82, 2.24) is 0 Å². The van der Waals surface area contributed by atoms with Gasteiger partial charge < -0.3 is 14.1 Å². The van der Waals surface area contributed by atoms with Crippen LogP contribution in [0.3, 0.4) is 0 Å². The molecule has 4 heteroatoms. The number of aryl methyl sites for hydroxylation is 1. The molecule has 0 radical (unpaired) electrons. The van der Waals surface area contributed by atoms with Gasteiger partial charge in [-0.25, -0.2) is 4.79 Å². The van der Waals surface area contributed by atoms with Gasteiger partial charge in [-0.15, -0.1) is 0 Å². The molecule has 1 aromatic heterocycles. The summed E-state index contributed by atoms with van der Waals surface area (Å²) in [5.41, 5.74) is 6.61. The fraction of sp³-hybridized carbons (Fsp3) is 0.250. The largest absolute Gasteiger partial charge is 0.472 e. The highest BCUT2D eigenvalue weighted by Crippen LogP contribution is 2.39. The maximum absolute atomic E-state index is 12.3. The van der Waals surface area contributed by atoms with Gasteiger partial charge in [-0.1, -0.05) is 56.3 Å². The van der Waals surface area contributed by atoms with Crippen LogP contribution in [0.4, 0.5) is 5.69 Å². The number of benzene rings is 3. The normalized spacial score (nSPS) is 14.2. The van der Waals surface area contributed by atoms with Gasteiger partial charge in [0, 0.05) is 34.8 Å². The van der Waals surface area contributed by atoms with Crippen molar-refractivity contribution in [2.75, 3.05) is 11.6 Å². The van der Waals surface area contributed by atoms with Crippen LogP contribution in [-0.4, -0.2) is 6.73 Å². The Hall–Kier alpha value is -3.53. The van der Waals surface area contributed by atoms with Crippen LogP contribution in [0.15, 0.2) is 75.9 Å². The van der Waals surface area contributed by atoms with Crippen LogP contribution in [-0.2, 0) is 6.54 Å². The van der Waals surface area contributed by atoms with Crippen LogP contribution < -0.4 is 15.3 Å². The molecule has 0 saturated heterocycles. The first-order chi connectivity index (χ1) is 15.5. The lowest BCUT2D eigenvalue weighted by molar-refractivity contribution is 0.287. The van der Waals surface area contributed by atoms with Crippen molar-refractivity contribution in [1.29, 1.82) is 0 Å². The zero-order chi connectivity index (χ0) is 22.2. The summed E-state index contributed by atoms with van der Waals surface area (Å²) in [6, 6.07) is 22.5. The Labute approximate surface area is 188 Å². The topological polar surface area (TPSA) is 42.7 Å². The fourth-order valence-corrected chi connectivity index (χ4v) is 4.49. The molecular weight excluding hydrogens is 398 g/mol. The number of hydrogen-bond donors (Lipinski definition) is 0. The lowest BCUT2D eigenvalue weighted by atomic mass is 9.96. The average Bonchev–Trinajstić information content (AvgIpc) is 2.84. The zero-order valence-electron chi connectivity index (χ0n) is 18.7. The molecule has 5 rings (SSSR count). The molecule has 2 heterocycles. The third-order valence-corrected chi connectivity index (χ3v) is 6.54. The Balaban J connectivity index is 1.57. The minimum absolute atomic E-state index is 0.349. The van der Waals surface area contributed by atoms with Gasteiger partial charge in [0.15, 0.2) is 6.73 Å². The van der Waals surface area contributed by atoms with Crippen molar-refractivity contribution in [3.63, 3.8) is 0 Å². The summed E-state index contributed by atoms with van der Waals surface area (Å²) in [5, 5.41) is 0.935. The Morgan fingerprint density at radius 2 is 1.78 bits per heavy atom. The van der Waals surface area contributed by atoms with Gasteiger partial charge >= 0.3 is 5.63 Å². The monoisotopic (exact) mass is 425 g/mol. The van der Waals surface area contributed by atoms with Crippen LogP contribution in [0, 0.1) is 6.92 Å². The molecule has 0 saturated carbocycles. The number of rotatable bonds is 4. The molecule has 0 bridgehead atoms. The van der Waals surface area contributed by atoms with Crippen LogP contribution in [0.25, 0.3) is 22.1 Å². The SMILES string of the molecule is CCC(C)c1ccc(N2COc3c(cc4c(-c5ccccc5)cc(=O)oc4c3C)C2)cc1. The van der Waals surface area contributed by atoms with E-state index in [1.54, 1.807) is 6.07 Å². The molecule has 1 aliphatic rings. The van der Waals surface area contributed by atoms with Gasteiger partial charge in [-0.05, 0) is 54.2 Å². The second-order valence-corrected chi connectivity index (χ2v) is 8.58. The van der Waals surface area contributed by atoms with Crippen molar-refractivity contribution in [2.45, 2.75) is 39.7 Å². The van der Waals surface area contributed by atoms with Crippen molar-refractivity contribution < 1.29 is 9.15 Å². The van der Waals surface area contributed by atoms with Gasteiger partial charge in [0.2, 0.25) is 0 Å². The molecule has 4 nitrogen and oxygen atoms in total. The van der Waals surface area contributed by atoms with Crippen LogP contribution in [0.5, 0.6) is 5.75 Å². The summed E-state index contributed by atoms with van der Waals surface area (Å²) in [4.78, 5) is 14.5. The van der Waals surface area contributed by atoms with Gasteiger partial charge in [0.1, 0.15) is 11.3 Å². The van der Waals surface area contributed by atoms with E-state index in [0.717, 1.165) is 52.0 Å². The Morgan fingerprint density at radius 1 is 1.03 bits per heavy atom. The van der Waals surface area contributed by atoms with E-state index >= 15 is 0 Å². The second-order valence-electron chi connectivity index (χ2n) is 8.58. The molecule has 1 unspecified atom stereocenters. The van der Waals surface area contributed by atoms with E-state index in [0.29, 0.717) is 18.2 Å². The number of nitrogens with zero attached hydrogens (tertiary/aromatic N) is 1. The summed E-state index contributed by atoms with van der Waals surface area (Å²) in [5.74, 6) is 1.38. The van der Waals surface area contributed by atoms with Gasteiger partial charge in [0.05, 0.1) is 0 Å². The molecule has 162 valence electrons. The highest BCUT2D eigenvalue weighted by molar-refractivity contribution is 5.96. The van der Waals surface area contributed by atoms with Crippen LogP contribution in [0.1, 0.15) is 42.9 Å². The first-order valence-electron chi connectivity index (χ1n) is 11.2. The maximum atomic E-state index is 12.3. The van der Waals surface area contributed by atoms with E-state index in [1.165, 1.54) is 5.56 Å². The first kappa shape index (κ1) is 20.4. The molecule has 0 fully saturated rings. The molecule has 0 spiro atoms. The van der Waals surface area contributed by atoms with E-state index in [4.69, 9.17) is 9.15 Å². The van der Waals surface area contributed by atoms with Gasteiger partial charge in [-0.2, -0.15) is 0 Å². The standard InChI is InChI=1S/C28H27NO3/c1-4-18(2)20-10-12-23(13-11-20)29-16-22-14-25-24(21-8-6-5-7-9-21)15-26(30)32-28(25)19(3)27(22)31-17-29/h5-15,18H,4,16-17H2,1-3H3. The van der Waals surface area contributed by atoms with Crippen LogP contribution >= 0.6 is 0 Å². The molecule has 0 N–H and O–H groups in total. The van der Waals surface area contributed by atoms with E-state index in [9.17, 15) is 4.79 Å². The Morgan fingerprint density at radius 3 is 2.50 bits per heavy atom. The summed E-state index contributed by atoms with van der Waals surface area (Å²) in [7, 11) is 0. The molecule has 0 aliphatic carbocycles. The van der Waals surface area contributed by atoms with E-state index in [-0.39, 0.29) is 5.63 Å². The number of fused-ring (bicyclic) bond motifs is 2. The minimum Gasteiger partial charge on any atom is -0.472 e. The third-order valence-electron chi connectivity index (χ3n) is 6.54. The molecule has 3 aromatic carbocycles. The molecule has 32 heavy (non-hydrogen) atoms. The summed E-state index contributed by atoms with van der Waals surface area (Å²) >= 11 is 0. The fourth-order valence-electron chi connectivity index (χ4n) is 4.49.